The van der Waals surface area contributed by atoms with Crippen LogP contribution in [0, 0.1) is 6.92 Å². The molecule has 0 saturated carbocycles. The molecule has 2 aromatic rings. The highest BCUT2D eigenvalue weighted by molar-refractivity contribution is 9.10. The summed E-state index contributed by atoms with van der Waals surface area (Å²) in [5, 5.41) is 0.771. The van der Waals surface area contributed by atoms with Gasteiger partial charge in [-0.2, -0.15) is 0 Å². The van der Waals surface area contributed by atoms with E-state index in [4.69, 9.17) is 9.47 Å². The van der Waals surface area contributed by atoms with Crippen LogP contribution in [-0.4, -0.2) is 12.7 Å². The van der Waals surface area contributed by atoms with Gasteiger partial charge in [-0.3, -0.25) is 0 Å². The maximum Gasteiger partial charge on any atom is 0.137 e. The average Bonchev–Trinajstić information content (AvgIpc) is 2.87. The molecule has 3 rings (SSSR count). The zero-order valence-electron chi connectivity index (χ0n) is 11.7. The van der Waals surface area contributed by atoms with E-state index in [1.165, 1.54) is 11.1 Å². The highest BCUT2D eigenvalue weighted by Gasteiger charge is 2.23. The number of alkyl halides is 1. The largest absolute Gasteiger partial charge is 0.489 e. The third-order valence-electron chi connectivity index (χ3n) is 3.55. The van der Waals surface area contributed by atoms with Gasteiger partial charge in [0.05, 0.1) is 0 Å². The van der Waals surface area contributed by atoms with Crippen molar-refractivity contribution in [3.63, 3.8) is 0 Å². The van der Waals surface area contributed by atoms with Crippen LogP contribution in [0.25, 0.3) is 0 Å². The first-order valence-electron chi connectivity index (χ1n) is 6.89. The lowest BCUT2D eigenvalue weighted by molar-refractivity contribution is 0.148. The van der Waals surface area contributed by atoms with Gasteiger partial charge >= 0.3 is 0 Å². The molecule has 1 heterocycles. The van der Waals surface area contributed by atoms with Crippen molar-refractivity contribution in [2.75, 3.05) is 6.61 Å². The minimum Gasteiger partial charge on any atom is -0.489 e. The quantitative estimate of drug-likeness (QED) is 0.656. The molecule has 0 aliphatic carbocycles. The predicted octanol–water partition coefficient (Wildman–Crippen LogP) is 5.03. The second kappa shape index (κ2) is 6.41. The fraction of sp³-hybridized carbons (Fsp3) is 0.294. The second-order valence-corrected chi connectivity index (χ2v) is 6.73. The number of hydrogen-bond donors (Lipinski definition) is 0. The first-order valence-corrected chi connectivity index (χ1v) is 8.80. The second-order valence-electron chi connectivity index (χ2n) is 5.25. The number of ether oxygens (including phenoxy) is 2. The van der Waals surface area contributed by atoms with Crippen molar-refractivity contribution < 1.29 is 9.47 Å². The van der Waals surface area contributed by atoms with Crippen LogP contribution in [0.5, 0.6) is 11.5 Å². The molecule has 0 radical (unpaired) electrons. The van der Waals surface area contributed by atoms with E-state index in [1.807, 2.05) is 18.2 Å². The maximum atomic E-state index is 5.95. The van der Waals surface area contributed by atoms with Crippen LogP contribution in [0.2, 0.25) is 0 Å². The third kappa shape index (κ3) is 3.43. The fourth-order valence-corrected chi connectivity index (χ4v) is 3.36. The van der Waals surface area contributed by atoms with E-state index in [9.17, 15) is 0 Å². The van der Waals surface area contributed by atoms with Gasteiger partial charge in [-0.25, -0.2) is 0 Å². The summed E-state index contributed by atoms with van der Waals surface area (Å²) in [6.07, 6.45) is 1.01. The molecule has 1 atom stereocenters. The van der Waals surface area contributed by atoms with Crippen molar-refractivity contribution in [3.8, 4) is 11.5 Å². The van der Waals surface area contributed by atoms with Gasteiger partial charge in [-0.15, -0.1) is 0 Å². The predicted molar refractivity (Wildman–Crippen MR) is 91.6 cm³/mol. The molecule has 0 bridgehead atoms. The number of halogens is 2. The molecule has 21 heavy (non-hydrogen) atoms. The summed E-state index contributed by atoms with van der Waals surface area (Å²) in [6.45, 7) is 2.67. The maximum absolute atomic E-state index is 5.95. The van der Waals surface area contributed by atoms with Gasteiger partial charge in [0.25, 0.3) is 0 Å². The fourth-order valence-electron chi connectivity index (χ4n) is 2.52. The Hall–Kier alpha value is -1.000. The lowest BCUT2D eigenvalue weighted by atomic mass is 10.1. The van der Waals surface area contributed by atoms with E-state index in [0.717, 1.165) is 33.3 Å². The Morgan fingerprint density at radius 2 is 2.10 bits per heavy atom. The molecular weight excluding hydrogens is 396 g/mol. The van der Waals surface area contributed by atoms with Crippen LogP contribution in [-0.2, 0) is 11.8 Å². The van der Waals surface area contributed by atoms with Crippen LogP contribution in [0.1, 0.15) is 16.7 Å². The highest BCUT2D eigenvalue weighted by Crippen LogP contribution is 2.31. The molecule has 0 N–H and O–H groups in total. The van der Waals surface area contributed by atoms with Crippen molar-refractivity contribution >= 4 is 31.9 Å². The minimum atomic E-state index is 0.0913. The van der Waals surface area contributed by atoms with Gasteiger partial charge < -0.3 is 9.47 Å². The molecule has 0 spiro atoms. The molecule has 2 nitrogen and oxygen atoms in total. The summed E-state index contributed by atoms with van der Waals surface area (Å²) < 4.78 is 12.9. The van der Waals surface area contributed by atoms with Crippen LogP contribution in [0.3, 0.4) is 0 Å². The normalized spacial score (nSPS) is 16.4. The molecule has 1 aliphatic rings. The molecule has 4 heteroatoms. The first kappa shape index (κ1) is 14.9. The molecule has 110 valence electrons. The number of rotatable bonds is 4. The summed E-state index contributed by atoms with van der Waals surface area (Å²) in [5.41, 5.74) is 3.68. The number of fused-ring (bicyclic) bond motifs is 1. The summed E-state index contributed by atoms with van der Waals surface area (Å²) in [4.78, 5) is 0. The number of hydrogen-bond acceptors (Lipinski definition) is 2. The molecule has 0 amide bonds. The highest BCUT2D eigenvalue weighted by atomic mass is 79.9. The smallest absolute Gasteiger partial charge is 0.137 e. The topological polar surface area (TPSA) is 18.5 Å². The number of benzene rings is 2. The van der Waals surface area contributed by atoms with E-state index < -0.39 is 0 Å². The van der Waals surface area contributed by atoms with Gasteiger partial charge in [0.15, 0.2) is 0 Å². The summed E-state index contributed by atoms with van der Waals surface area (Å²) >= 11 is 6.97. The SMILES string of the molecule is Cc1ccc2c(c1)CC(COc1ccc(Br)cc1CBr)O2. The molecule has 0 aromatic heterocycles. The van der Waals surface area contributed by atoms with Crippen molar-refractivity contribution in [3.05, 3.63) is 57.6 Å². The Kier molecular flexibility index (Phi) is 4.55. The van der Waals surface area contributed by atoms with Crippen LogP contribution < -0.4 is 9.47 Å². The van der Waals surface area contributed by atoms with Gasteiger partial charge in [-0.1, -0.05) is 49.6 Å². The Labute approximate surface area is 141 Å². The lowest BCUT2D eigenvalue weighted by Gasteiger charge is -2.14. The van der Waals surface area contributed by atoms with Crippen LogP contribution in [0.4, 0.5) is 0 Å². The Balaban J connectivity index is 1.65. The van der Waals surface area contributed by atoms with Gasteiger partial charge in [0, 0.05) is 21.8 Å². The monoisotopic (exact) mass is 410 g/mol. The molecule has 0 saturated heterocycles. The van der Waals surface area contributed by atoms with Crippen LogP contribution in [0.15, 0.2) is 40.9 Å². The molecule has 2 aromatic carbocycles. The zero-order valence-corrected chi connectivity index (χ0v) is 14.9. The Morgan fingerprint density at radius 1 is 1.24 bits per heavy atom. The minimum absolute atomic E-state index is 0.0913. The van der Waals surface area contributed by atoms with E-state index in [2.05, 4.69) is 57.0 Å². The van der Waals surface area contributed by atoms with Crippen molar-refractivity contribution in [1.82, 2.24) is 0 Å². The van der Waals surface area contributed by atoms with Gasteiger partial charge in [0.2, 0.25) is 0 Å². The molecule has 1 aliphatic heterocycles. The Morgan fingerprint density at radius 3 is 2.90 bits per heavy atom. The molecule has 0 fully saturated rings. The van der Waals surface area contributed by atoms with E-state index >= 15 is 0 Å². The Bertz CT molecular complexity index is 655. The standard InChI is InChI=1S/C17H16Br2O2/c1-11-2-4-17-12(6-11)8-15(21-17)10-20-16-5-3-14(19)7-13(16)9-18/h2-7,15H,8-10H2,1H3. The third-order valence-corrected chi connectivity index (χ3v) is 4.65. The summed E-state index contributed by atoms with van der Waals surface area (Å²) in [5.74, 6) is 1.90. The zero-order chi connectivity index (χ0) is 14.8. The van der Waals surface area contributed by atoms with E-state index in [0.29, 0.717) is 6.61 Å². The lowest BCUT2D eigenvalue weighted by Crippen LogP contribution is -2.22. The van der Waals surface area contributed by atoms with Crippen molar-refractivity contribution in [2.45, 2.75) is 24.8 Å². The molecule has 1 unspecified atom stereocenters. The van der Waals surface area contributed by atoms with Crippen molar-refractivity contribution in [2.24, 2.45) is 0 Å². The van der Waals surface area contributed by atoms with E-state index in [1.54, 1.807) is 0 Å². The van der Waals surface area contributed by atoms with Crippen molar-refractivity contribution in [1.29, 1.82) is 0 Å². The van der Waals surface area contributed by atoms with Gasteiger partial charge in [0.1, 0.15) is 24.2 Å². The molecular formula is C17H16Br2O2. The van der Waals surface area contributed by atoms with E-state index in [-0.39, 0.29) is 6.10 Å². The average molecular weight is 412 g/mol. The van der Waals surface area contributed by atoms with Crippen LogP contribution >= 0.6 is 31.9 Å². The van der Waals surface area contributed by atoms with Gasteiger partial charge in [-0.05, 0) is 36.8 Å². The summed E-state index contributed by atoms with van der Waals surface area (Å²) in [7, 11) is 0. The first-order chi connectivity index (χ1) is 10.2. The summed E-state index contributed by atoms with van der Waals surface area (Å²) in [6, 6.07) is 12.4. The number of aryl methyl sites for hydroxylation is 1.